The van der Waals surface area contributed by atoms with E-state index in [9.17, 15) is 0 Å². The van der Waals surface area contributed by atoms with E-state index in [1.54, 1.807) is 20.5 Å². The second-order valence-corrected chi connectivity index (χ2v) is 5.65. The van der Waals surface area contributed by atoms with Crippen molar-refractivity contribution < 1.29 is 9.47 Å². The zero-order chi connectivity index (χ0) is 18.2. The van der Waals surface area contributed by atoms with Crippen LogP contribution in [0.4, 0.5) is 17.3 Å². The minimum Gasteiger partial charge on any atom is -0.493 e. The van der Waals surface area contributed by atoms with Crippen LogP contribution in [0.15, 0.2) is 60.9 Å². The van der Waals surface area contributed by atoms with E-state index in [1.807, 2.05) is 54.6 Å². The fourth-order valence-corrected chi connectivity index (χ4v) is 2.56. The molecule has 6 nitrogen and oxygen atoms in total. The first-order valence-corrected chi connectivity index (χ1v) is 8.37. The summed E-state index contributed by atoms with van der Waals surface area (Å²) in [6, 6.07) is 17.7. The fourth-order valence-electron chi connectivity index (χ4n) is 2.56. The molecule has 0 amide bonds. The second kappa shape index (κ2) is 8.71. The van der Waals surface area contributed by atoms with E-state index >= 15 is 0 Å². The number of ether oxygens (including phenoxy) is 2. The molecule has 0 saturated heterocycles. The Labute approximate surface area is 153 Å². The van der Waals surface area contributed by atoms with Crippen molar-refractivity contribution >= 4 is 17.3 Å². The monoisotopic (exact) mass is 350 g/mol. The summed E-state index contributed by atoms with van der Waals surface area (Å²) in [5.74, 6) is 3.00. The lowest BCUT2D eigenvalue weighted by molar-refractivity contribution is 0.354. The summed E-state index contributed by atoms with van der Waals surface area (Å²) >= 11 is 0. The van der Waals surface area contributed by atoms with Crippen molar-refractivity contribution in [3.63, 3.8) is 0 Å². The average Bonchev–Trinajstić information content (AvgIpc) is 2.69. The van der Waals surface area contributed by atoms with Gasteiger partial charge < -0.3 is 20.1 Å². The molecule has 26 heavy (non-hydrogen) atoms. The molecule has 0 aliphatic carbocycles. The van der Waals surface area contributed by atoms with Gasteiger partial charge in [-0.1, -0.05) is 24.3 Å². The molecule has 0 atom stereocenters. The van der Waals surface area contributed by atoms with Gasteiger partial charge in [-0.3, -0.25) is 0 Å². The van der Waals surface area contributed by atoms with Crippen molar-refractivity contribution in [3.8, 4) is 11.5 Å². The van der Waals surface area contributed by atoms with Gasteiger partial charge >= 0.3 is 0 Å². The Balaban J connectivity index is 1.57. The summed E-state index contributed by atoms with van der Waals surface area (Å²) in [4.78, 5) is 8.52. The van der Waals surface area contributed by atoms with Crippen molar-refractivity contribution in [2.75, 3.05) is 31.4 Å². The summed E-state index contributed by atoms with van der Waals surface area (Å²) < 4.78 is 10.6. The van der Waals surface area contributed by atoms with Crippen LogP contribution in [0.1, 0.15) is 5.56 Å². The maximum Gasteiger partial charge on any atom is 0.160 e. The van der Waals surface area contributed by atoms with Crippen LogP contribution < -0.4 is 20.1 Å². The number of nitrogens with zero attached hydrogens (tertiary/aromatic N) is 2. The van der Waals surface area contributed by atoms with Crippen molar-refractivity contribution in [3.05, 3.63) is 66.5 Å². The topological polar surface area (TPSA) is 68.3 Å². The quantitative estimate of drug-likeness (QED) is 0.642. The predicted octanol–water partition coefficient (Wildman–Crippen LogP) is 3.89. The van der Waals surface area contributed by atoms with Gasteiger partial charge in [0, 0.05) is 18.3 Å². The lowest BCUT2D eigenvalue weighted by atomic mass is 10.1. The molecule has 0 bridgehead atoms. The number of aromatic nitrogens is 2. The minimum absolute atomic E-state index is 0.733. The van der Waals surface area contributed by atoms with Crippen LogP contribution in [0, 0.1) is 0 Å². The Morgan fingerprint density at radius 3 is 2.38 bits per heavy atom. The van der Waals surface area contributed by atoms with Gasteiger partial charge in [-0.25, -0.2) is 9.97 Å². The third-order valence-corrected chi connectivity index (χ3v) is 3.88. The van der Waals surface area contributed by atoms with Crippen molar-refractivity contribution in [1.82, 2.24) is 9.97 Å². The van der Waals surface area contributed by atoms with E-state index in [4.69, 9.17) is 9.47 Å². The predicted molar refractivity (Wildman–Crippen MR) is 103 cm³/mol. The number of hydrogen-bond donors (Lipinski definition) is 2. The van der Waals surface area contributed by atoms with Gasteiger partial charge in [0.2, 0.25) is 0 Å². The van der Waals surface area contributed by atoms with E-state index in [2.05, 4.69) is 20.6 Å². The fraction of sp³-hybridized carbons (Fsp3) is 0.200. The Hall–Kier alpha value is -3.28. The Morgan fingerprint density at radius 2 is 1.62 bits per heavy atom. The van der Waals surface area contributed by atoms with Gasteiger partial charge in [0.25, 0.3) is 0 Å². The summed E-state index contributed by atoms with van der Waals surface area (Å²) in [5.41, 5.74) is 2.15. The third-order valence-electron chi connectivity index (χ3n) is 3.88. The molecule has 0 fully saturated rings. The van der Waals surface area contributed by atoms with E-state index in [0.717, 1.165) is 47.4 Å². The minimum atomic E-state index is 0.733. The normalized spacial score (nSPS) is 10.2. The molecule has 3 rings (SSSR count). The number of anilines is 3. The SMILES string of the molecule is COc1ccc(CCNc2cc(Nc3ccccc3)ncn2)cc1OC. The number of methoxy groups -OCH3 is 2. The molecule has 2 aromatic carbocycles. The van der Waals surface area contributed by atoms with Crippen LogP contribution in [0.2, 0.25) is 0 Å². The van der Waals surface area contributed by atoms with Crippen LogP contribution in [0.25, 0.3) is 0 Å². The molecule has 0 saturated carbocycles. The molecule has 3 aromatic rings. The molecular formula is C20H22N4O2. The molecule has 0 aliphatic rings. The van der Waals surface area contributed by atoms with Crippen LogP contribution in [-0.4, -0.2) is 30.7 Å². The first-order valence-electron chi connectivity index (χ1n) is 8.37. The van der Waals surface area contributed by atoms with E-state index in [0.29, 0.717) is 0 Å². The number of nitrogens with one attached hydrogen (secondary N) is 2. The number of hydrogen-bond acceptors (Lipinski definition) is 6. The number of benzene rings is 2. The highest BCUT2D eigenvalue weighted by Gasteiger charge is 2.05. The van der Waals surface area contributed by atoms with Crippen molar-refractivity contribution in [2.45, 2.75) is 6.42 Å². The molecule has 1 aromatic heterocycles. The highest BCUT2D eigenvalue weighted by Crippen LogP contribution is 2.27. The molecule has 0 spiro atoms. The standard InChI is InChI=1S/C20H22N4O2/c1-25-17-9-8-15(12-18(17)26-2)10-11-21-19-13-20(23-14-22-19)24-16-6-4-3-5-7-16/h3-9,12-14H,10-11H2,1-2H3,(H2,21,22,23,24). The first kappa shape index (κ1) is 17.5. The van der Waals surface area contributed by atoms with Crippen LogP contribution >= 0.6 is 0 Å². The number of para-hydroxylation sites is 1. The number of rotatable bonds is 8. The Morgan fingerprint density at radius 1 is 0.846 bits per heavy atom. The van der Waals surface area contributed by atoms with Gasteiger partial charge in [-0.15, -0.1) is 0 Å². The highest BCUT2D eigenvalue weighted by molar-refractivity contribution is 5.58. The summed E-state index contributed by atoms with van der Waals surface area (Å²) in [5, 5.41) is 6.58. The van der Waals surface area contributed by atoms with Gasteiger partial charge in [0.1, 0.15) is 18.0 Å². The maximum atomic E-state index is 5.34. The largest absolute Gasteiger partial charge is 0.493 e. The zero-order valence-electron chi connectivity index (χ0n) is 14.9. The summed E-state index contributed by atoms with van der Waals surface area (Å²) in [7, 11) is 3.28. The Bertz CT molecular complexity index is 840. The molecule has 134 valence electrons. The summed E-state index contributed by atoms with van der Waals surface area (Å²) in [6.45, 7) is 0.747. The lowest BCUT2D eigenvalue weighted by Gasteiger charge is -2.11. The van der Waals surface area contributed by atoms with Gasteiger partial charge in [0.15, 0.2) is 11.5 Å². The van der Waals surface area contributed by atoms with E-state index in [-0.39, 0.29) is 0 Å². The van der Waals surface area contributed by atoms with Gasteiger partial charge in [0.05, 0.1) is 14.2 Å². The van der Waals surface area contributed by atoms with E-state index in [1.165, 1.54) is 0 Å². The van der Waals surface area contributed by atoms with Gasteiger partial charge in [-0.2, -0.15) is 0 Å². The smallest absolute Gasteiger partial charge is 0.160 e. The molecule has 1 heterocycles. The van der Waals surface area contributed by atoms with Crippen molar-refractivity contribution in [2.24, 2.45) is 0 Å². The van der Waals surface area contributed by atoms with Crippen LogP contribution in [0.3, 0.4) is 0 Å². The molecule has 0 unspecified atom stereocenters. The second-order valence-electron chi connectivity index (χ2n) is 5.65. The third kappa shape index (κ3) is 4.63. The van der Waals surface area contributed by atoms with Gasteiger partial charge in [-0.05, 0) is 36.2 Å². The zero-order valence-corrected chi connectivity index (χ0v) is 14.9. The van der Waals surface area contributed by atoms with E-state index < -0.39 is 0 Å². The lowest BCUT2D eigenvalue weighted by Crippen LogP contribution is -2.07. The maximum absolute atomic E-state index is 5.34. The Kier molecular flexibility index (Phi) is 5.88. The molecule has 0 radical (unpaired) electrons. The molecule has 2 N–H and O–H groups in total. The molecular weight excluding hydrogens is 328 g/mol. The van der Waals surface area contributed by atoms with Crippen LogP contribution in [0.5, 0.6) is 11.5 Å². The average molecular weight is 350 g/mol. The van der Waals surface area contributed by atoms with Crippen molar-refractivity contribution in [1.29, 1.82) is 0 Å². The first-order chi connectivity index (χ1) is 12.8. The van der Waals surface area contributed by atoms with Crippen LogP contribution in [-0.2, 0) is 6.42 Å². The molecule has 0 aliphatic heterocycles. The highest BCUT2D eigenvalue weighted by atomic mass is 16.5. The summed E-state index contributed by atoms with van der Waals surface area (Å²) in [6.07, 6.45) is 2.38. The molecule has 6 heteroatoms.